The molecule has 0 bridgehead atoms. The highest BCUT2D eigenvalue weighted by molar-refractivity contribution is 5.79. The van der Waals surface area contributed by atoms with E-state index < -0.39 is 0 Å². The van der Waals surface area contributed by atoms with Crippen molar-refractivity contribution in [2.45, 2.75) is 44.6 Å². The van der Waals surface area contributed by atoms with Crippen LogP contribution in [0.1, 0.15) is 36.8 Å². The summed E-state index contributed by atoms with van der Waals surface area (Å²) in [6.07, 6.45) is 6.20. The molecule has 1 aliphatic heterocycles. The van der Waals surface area contributed by atoms with E-state index in [0.717, 1.165) is 57.4 Å². The van der Waals surface area contributed by atoms with Crippen LogP contribution < -0.4 is 4.74 Å². The van der Waals surface area contributed by atoms with Crippen LogP contribution in [0.2, 0.25) is 0 Å². The Labute approximate surface area is 145 Å². The highest BCUT2D eigenvalue weighted by Gasteiger charge is 2.31. The monoisotopic (exact) mass is 330 g/mol. The highest BCUT2D eigenvalue weighted by Crippen LogP contribution is 2.30. The van der Waals surface area contributed by atoms with Crippen molar-refractivity contribution in [2.75, 3.05) is 34.3 Å². The summed E-state index contributed by atoms with van der Waals surface area (Å²) in [7, 11) is 6.02. The summed E-state index contributed by atoms with van der Waals surface area (Å²) in [4.78, 5) is 17.4. The first-order valence-corrected chi connectivity index (χ1v) is 9.20. The lowest BCUT2D eigenvalue weighted by Crippen LogP contribution is -2.41. The number of benzene rings is 1. The first-order valence-electron chi connectivity index (χ1n) is 9.20. The predicted octanol–water partition coefficient (Wildman–Crippen LogP) is 2.74. The molecule has 1 aromatic carbocycles. The predicted molar refractivity (Wildman–Crippen MR) is 96.4 cm³/mol. The molecular weight excluding hydrogens is 300 g/mol. The van der Waals surface area contributed by atoms with Crippen molar-refractivity contribution in [3.05, 3.63) is 29.3 Å². The summed E-state index contributed by atoms with van der Waals surface area (Å²) in [5, 5.41) is 0. The van der Waals surface area contributed by atoms with Gasteiger partial charge in [0.1, 0.15) is 5.75 Å². The number of carbonyl (C=O) groups excluding carboxylic acids is 1. The zero-order valence-corrected chi connectivity index (χ0v) is 15.3. The van der Waals surface area contributed by atoms with Gasteiger partial charge < -0.3 is 14.5 Å². The molecule has 0 atom stereocenters. The van der Waals surface area contributed by atoms with E-state index in [2.05, 4.69) is 36.0 Å². The first kappa shape index (κ1) is 17.3. The summed E-state index contributed by atoms with van der Waals surface area (Å²) < 4.78 is 5.51. The van der Waals surface area contributed by atoms with Gasteiger partial charge in [0.15, 0.2) is 0 Å². The summed E-state index contributed by atoms with van der Waals surface area (Å²) in [5.74, 6) is 1.57. The Kier molecular flexibility index (Phi) is 5.44. The van der Waals surface area contributed by atoms with Gasteiger partial charge in [-0.15, -0.1) is 0 Å². The van der Waals surface area contributed by atoms with Gasteiger partial charge in [0.05, 0.1) is 7.11 Å². The van der Waals surface area contributed by atoms with E-state index >= 15 is 0 Å². The Balaban J connectivity index is 1.62. The van der Waals surface area contributed by atoms with Crippen LogP contribution >= 0.6 is 0 Å². The molecule has 0 unspecified atom stereocenters. The minimum atomic E-state index is 0.226. The van der Waals surface area contributed by atoms with Crippen molar-refractivity contribution in [2.24, 2.45) is 5.92 Å². The summed E-state index contributed by atoms with van der Waals surface area (Å²) in [6, 6.07) is 6.90. The third kappa shape index (κ3) is 3.59. The van der Waals surface area contributed by atoms with Crippen LogP contribution in [-0.4, -0.2) is 56.0 Å². The van der Waals surface area contributed by atoms with Gasteiger partial charge in [0.25, 0.3) is 0 Å². The highest BCUT2D eigenvalue weighted by atomic mass is 16.5. The smallest absolute Gasteiger partial charge is 0.225 e. The van der Waals surface area contributed by atoms with E-state index in [4.69, 9.17) is 4.74 Å². The Morgan fingerprint density at radius 1 is 1.12 bits per heavy atom. The number of hydrogen-bond acceptors (Lipinski definition) is 3. The Morgan fingerprint density at radius 2 is 1.83 bits per heavy atom. The molecule has 4 nitrogen and oxygen atoms in total. The lowest BCUT2D eigenvalue weighted by molar-refractivity contribution is -0.136. The number of rotatable bonds is 3. The van der Waals surface area contributed by atoms with Gasteiger partial charge in [0.2, 0.25) is 5.91 Å². The van der Waals surface area contributed by atoms with Crippen LogP contribution in [0, 0.1) is 5.92 Å². The SMILES string of the molecule is COc1cccc2c1CCN(C(=O)C1CCC(N(C)C)CC1)CC2. The van der Waals surface area contributed by atoms with Gasteiger partial charge in [-0.1, -0.05) is 12.1 Å². The summed E-state index contributed by atoms with van der Waals surface area (Å²) in [5.41, 5.74) is 2.62. The van der Waals surface area contributed by atoms with Crippen molar-refractivity contribution in [3.8, 4) is 5.75 Å². The normalized spacial score (nSPS) is 24.4. The third-order valence-electron chi connectivity index (χ3n) is 5.82. The van der Waals surface area contributed by atoms with Crippen molar-refractivity contribution >= 4 is 5.91 Å². The Morgan fingerprint density at radius 3 is 2.50 bits per heavy atom. The number of nitrogens with zero attached hydrogens (tertiary/aromatic N) is 2. The maximum absolute atomic E-state index is 13.0. The molecule has 0 spiro atoms. The first-order chi connectivity index (χ1) is 11.6. The second-order valence-electron chi connectivity index (χ2n) is 7.39. The number of hydrogen-bond donors (Lipinski definition) is 0. The molecular formula is C20H30N2O2. The molecule has 0 saturated heterocycles. The van der Waals surface area contributed by atoms with Gasteiger partial charge >= 0.3 is 0 Å². The van der Waals surface area contributed by atoms with Crippen LogP contribution in [0.5, 0.6) is 5.75 Å². The Hall–Kier alpha value is -1.55. The van der Waals surface area contributed by atoms with Gasteiger partial charge in [0, 0.05) is 25.0 Å². The molecule has 0 radical (unpaired) electrons. The minimum absolute atomic E-state index is 0.226. The van der Waals surface area contributed by atoms with Gasteiger partial charge in [-0.05, 0) is 69.8 Å². The zero-order chi connectivity index (χ0) is 17.1. The molecule has 1 fully saturated rings. The van der Waals surface area contributed by atoms with Crippen LogP contribution in [0.25, 0.3) is 0 Å². The molecule has 1 aromatic rings. The van der Waals surface area contributed by atoms with E-state index in [0.29, 0.717) is 11.9 Å². The molecule has 2 aliphatic rings. The number of amides is 1. The van der Waals surface area contributed by atoms with Gasteiger partial charge in [-0.2, -0.15) is 0 Å². The maximum Gasteiger partial charge on any atom is 0.225 e. The van der Waals surface area contributed by atoms with Crippen LogP contribution in [0.15, 0.2) is 18.2 Å². The lowest BCUT2D eigenvalue weighted by Gasteiger charge is -2.34. The fourth-order valence-corrected chi connectivity index (χ4v) is 4.25. The van der Waals surface area contributed by atoms with Crippen LogP contribution in [0.3, 0.4) is 0 Å². The fourth-order valence-electron chi connectivity index (χ4n) is 4.25. The summed E-state index contributed by atoms with van der Waals surface area (Å²) in [6.45, 7) is 1.66. The van der Waals surface area contributed by atoms with Crippen molar-refractivity contribution < 1.29 is 9.53 Å². The van der Waals surface area contributed by atoms with E-state index in [1.54, 1.807) is 7.11 Å². The number of methoxy groups -OCH3 is 1. The Bertz CT molecular complexity index is 577. The number of carbonyl (C=O) groups is 1. The second kappa shape index (κ2) is 7.56. The molecule has 1 saturated carbocycles. The van der Waals surface area contributed by atoms with Crippen LogP contribution in [0.4, 0.5) is 0 Å². The minimum Gasteiger partial charge on any atom is -0.496 e. The van der Waals surface area contributed by atoms with Crippen molar-refractivity contribution in [3.63, 3.8) is 0 Å². The second-order valence-corrected chi connectivity index (χ2v) is 7.39. The maximum atomic E-state index is 13.0. The molecule has 0 N–H and O–H groups in total. The van der Waals surface area contributed by atoms with E-state index in [9.17, 15) is 4.79 Å². The van der Waals surface area contributed by atoms with Crippen molar-refractivity contribution in [1.29, 1.82) is 0 Å². The topological polar surface area (TPSA) is 32.8 Å². The quantitative estimate of drug-likeness (QED) is 0.854. The largest absolute Gasteiger partial charge is 0.496 e. The molecule has 3 rings (SSSR count). The molecule has 1 aliphatic carbocycles. The molecule has 1 heterocycles. The lowest BCUT2D eigenvalue weighted by atomic mass is 9.84. The third-order valence-corrected chi connectivity index (χ3v) is 5.82. The zero-order valence-electron chi connectivity index (χ0n) is 15.3. The number of fused-ring (bicyclic) bond motifs is 1. The van der Waals surface area contributed by atoms with E-state index in [1.807, 2.05) is 6.07 Å². The van der Waals surface area contributed by atoms with Gasteiger partial charge in [-0.25, -0.2) is 0 Å². The van der Waals surface area contributed by atoms with Crippen LogP contribution in [-0.2, 0) is 17.6 Å². The summed E-state index contributed by atoms with van der Waals surface area (Å²) >= 11 is 0. The van der Waals surface area contributed by atoms with Crippen molar-refractivity contribution in [1.82, 2.24) is 9.80 Å². The number of ether oxygens (including phenoxy) is 1. The fraction of sp³-hybridized carbons (Fsp3) is 0.650. The average Bonchev–Trinajstić information content (AvgIpc) is 2.83. The molecule has 132 valence electrons. The van der Waals surface area contributed by atoms with Gasteiger partial charge in [-0.3, -0.25) is 4.79 Å². The molecule has 4 heteroatoms. The molecule has 0 aromatic heterocycles. The standard InChI is InChI=1S/C20H30N2O2/c1-21(2)17-9-7-16(8-10-17)20(23)22-13-11-15-5-4-6-19(24-3)18(15)12-14-22/h4-6,16-17H,7-14H2,1-3H3. The average molecular weight is 330 g/mol. The van der Waals surface area contributed by atoms with E-state index in [-0.39, 0.29) is 5.92 Å². The molecule has 24 heavy (non-hydrogen) atoms. The van der Waals surface area contributed by atoms with E-state index in [1.165, 1.54) is 11.1 Å². The molecule has 1 amide bonds.